The molecule has 0 heterocycles. The van der Waals surface area contributed by atoms with Gasteiger partial charge in [-0.15, -0.1) is 0 Å². The van der Waals surface area contributed by atoms with E-state index in [2.05, 4.69) is 5.32 Å². The van der Waals surface area contributed by atoms with Crippen LogP contribution < -0.4 is 9.62 Å². The lowest BCUT2D eigenvalue weighted by atomic mass is 9.95. The number of carbonyl (C=O) groups excluding carboxylic acids is 2. The Bertz CT molecular complexity index is 1500. The second kappa shape index (κ2) is 14.6. The molecule has 0 bridgehead atoms. The number of benzene rings is 3. The molecule has 1 saturated carbocycles. The molecule has 1 aliphatic carbocycles. The van der Waals surface area contributed by atoms with Gasteiger partial charge in [0.1, 0.15) is 12.6 Å². The van der Waals surface area contributed by atoms with E-state index in [1.54, 1.807) is 42.5 Å². The maximum atomic E-state index is 14.2. The van der Waals surface area contributed by atoms with E-state index in [-0.39, 0.29) is 39.1 Å². The standard InChI is InChI=1S/C31H34Cl3N3O4S/c1-2-29(31(39)35-23-12-5-3-6-13-23)36(20-22-11-9-10-16-26(22)32)30(38)21-37(24-17-18-27(33)28(34)19-24)42(40,41)25-14-7-4-8-15-25/h4,7-11,14-19,23,29H,2-3,5-6,12-13,20-21H2,1H3,(H,35,39)/t29-/m0/s1. The molecule has 1 fully saturated rings. The van der Waals surface area contributed by atoms with Gasteiger partial charge < -0.3 is 10.2 Å². The summed E-state index contributed by atoms with van der Waals surface area (Å²) in [6, 6.07) is 18.5. The van der Waals surface area contributed by atoms with Crippen LogP contribution in [0.2, 0.25) is 15.1 Å². The molecule has 3 aromatic rings. The van der Waals surface area contributed by atoms with Gasteiger partial charge in [0.15, 0.2) is 0 Å². The molecule has 0 radical (unpaired) electrons. The van der Waals surface area contributed by atoms with Gasteiger partial charge >= 0.3 is 0 Å². The predicted molar refractivity (Wildman–Crippen MR) is 169 cm³/mol. The average molecular weight is 651 g/mol. The Hall–Kier alpha value is -2.78. The summed E-state index contributed by atoms with van der Waals surface area (Å²) in [5, 5.41) is 3.96. The van der Waals surface area contributed by atoms with Gasteiger partial charge in [0, 0.05) is 17.6 Å². The summed E-state index contributed by atoms with van der Waals surface area (Å²) < 4.78 is 28.8. The van der Waals surface area contributed by atoms with Crippen molar-refractivity contribution >= 4 is 62.3 Å². The molecule has 1 atom stereocenters. The number of nitrogens with one attached hydrogen (secondary N) is 1. The van der Waals surface area contributed by atoms with Crippen molar-refractivity contribution in [3.8, 4) is 0 Å². The minimum absolute atomic E-state index is 0.00334. The lowest BCUT2D eigenvalue weighted by molar-refractivity contribution is -0.140. The Labute approximate surface area is 262 Å². The van der Waals surface area contributed by atoms with Crippen LogP contribution in [0.4, 0.5) is 5.69 Å². The van der Waals surface area contributed by atoms with Gasteiger partial charge in [-0.2, -0.15) is 0 Å². The zero-order valence-corrected chi connectivity index (χ0v) is 26.4. The molecule has 0 aliphatic heterocycles. The van der Waals surface area contributed by atoms with Crippen molar-refractivity contribution < 1.29 is 18.0 Å². The first-order valence-electron chi connectivity index (χ1n) is 14.0. The Morgan fingerprint density at radius 1 is 0.881 bits per heavy atom. The van der Waals surface area contributed by atoms with Gasteiger partial charge in [0.05, 0.1) is 20.6 Å². The van der Waals surface area contributed by atoms with E-state index in [0.717, 1.165) is 36.4 Å². The van der Waals surface area contributed by atoms with Gasteiger partial charge in [0.25, 0.3) is 10.0 Å². The predicted octanol–water partition coefficient (Wildman–Crippen LogP) is 7.10. The molecule has 7 nitrogen and oxygen atoms in total. The topological polar surface area (TPSA) is 86.8 Å². The summed E-state index contributed by atoms with van der Waals surface area (Å²) in [5.41, 5.74) is 0.808. The zero-order valence-electron chi connectivity index (χ0n) is 23.3. The van der Waals surface area contributed by atoms with Crippen molar-refractivity contribution in [2.24, 2.45) is 0 Å². The number of sulfonamides is 1. The third kappa shape index (κ3) is 7.78. The molecule has 1 aliphatic rings. The Morgan fingerprint density at radius 3 is 2.19 bits per heavy atom. The third-order valence-electron chi connectivity index (χ3n) is 7.44. The number of carbonyl (C=O) groups is 2. The molecule has 0 aromatic heterocycles. The van der Waals surface area contributed by atoms with Crippen molar-refractivity contribution in [2.75, 3.05) is 10.8 Å². The van der Waals surface area contributed by atoms with E-state index in [9.17, 15) is 18.0 Å². The van der Waals surface area contributed by atoms with E-state index in [1.807, 2.05) is 6.92 Å². The van der Waals surface area contributed by atoms with Crippen LogP contribution in [0.15, 0.2) is 77.7 Å². The van der Waals surface area contributed by atoms with Crippen LogP contribution in [0.3, 0.4) is 0 Å². The van der Waals surface area contributed by atoms with Gasteiger partial charge in [-0.05, 0) is 61.2 Å². The van der Waals surface area contributed by atoms with Crippen LogP contribution in [-0.4, -0.2) is 43.8 Å². The molecule has 3 aromatic carbocycles. The summed E-state index contributed by atoms with van der Waals surface area (Å²) in [7, 11) is -4.21. The van der Waals surface area contributed by atoms with Gasteiger partial charge in [-0.25, -0.2) is 8.42 Å². The summed E-state index contributed by atoms with van der Waals surface area (Å²) in [6.07, 6.45) is 5.33. The molecular formula is C31H34Cl3N3O4S. The van der Waals surface area contributed by atoms with E-state index in [0.29, 0.717) is 17.0 Å². The van der Waals surface area contributed by atoms with E-state index in [1.165, 1.54) is 35.2 Å². The zero-order chi connectivity index (χ0) is 30.3. The van der Waals surface area contributed by atoms with E-state index >= 15 is 0 Å². The molecule has 224 valence electrons. The molecule has 4 rings (SSSR count). The van der Waals surface area contributed by atoms with Crippen molar-refractivity contribution in [3.05, 3.63) is 93.4 Å². The highest BCUT2D eigenvalue weighted by atomic mass is 35.5. The maximum Gasteiger partial charge on any atom is 0.264 e. The number of amides is 2. The fraction of sp³-hybridized carbons (Fsp3) is 0.355. The lowest BCUT2D eigenvalue weighted by Crippen LogP contribution is -2.54. The molecule has 0 saturated heterocycles. The fourth-order valence-electron chi connectivity index (χ4n) is 5.16. The molecule has 2 amide bonds. The molecule has 42 heavy (non-hydrogen) atoms. The first-order valence-corrected chi connectivity index (χ1v) is 16.5. The number of rotatable bonds is 11. The SMILES string of the molecule is CC[C@@H](C(=O)NC1CCCCC1)N(Cc1ccccc1Cl)C(=O)CN(c1ccc(Cl)c(Cl)c1)S(=O)(=O)c1ccccc1. The monoisotopic (exact) mass is 649 g/mol. The highest BCUT2D eigenvalue weighted by molar-refractivity contribution is 7.92. The second-order valence-electron chi connectivity index (χ2n) is 10.3. The second-order valence-corrected chi connectivity index (χ2v) is 13.4. The van der Waals surface area contributed by atoms with Crippen LogP contribution in [0.5, 0.6) is 0 Å². The first kappa shape index (κ1) is 32.1. The largest absolute Gasteiger partial charge is 0.352 e. The average Bonchev–Trinajstić information content (AvgIpc) is 2.99. The summed E-state index contributed by atoms with van der Waals surface area (Å²) >= 11 is 18.9. The van der Waals surface area contributed by atoms with E-state index < -0.39 is 28.5 Å². The van der Waals surface area contributed by atoms with Gasteiger partial charge in [-0.1, -0.05) is 97.4 Å². The van der Waals surface area contributed by atoms with Crippen LogP contribution in [0.25, 0.3) is 0 Å². The number of halogens is 3. The van der Waals surface area contributed by atoms with Gasteiger partial charge in [0.2, 0.25) is 11.8 Å². The van der Waals surface area contributed by atoms with E-state index in [4.69, 9.17) is 34.8 Å². The summed E-state index contributed by atoms with van der Waals surface area (Å²) in [4.78, 5) is 29.2. The normalized spacial score (nSPS) is 14.7. The minimum atomic E-state index is -4.21. The summed E-state index contributed by atoms with van der Waals surface area (Å²) in [6.45, 7) is 1.28. The maximum absolute atomic E-state index is 14.2. The van der Waals surface area contributed by atoms with Crippen LogP contribution in [-0.2, 0) is 26.2 Å². The lowest BCUT2D eigenvalue weighted by Gasteiger charge is -2.34. The summed E-state index contributed by atoms with van der Waals surface area (Å²) in [5.74, 6) is -0.831. The van der Waals surface area contributed by atoms with Gasteiger partial charge in [-0.3, -0.25) is 13.9 Å². The molecular weight excluding hydrogens is 617 g/mol. The Kier molecular flexibility index (Phi) is 11.2. The molecule has 0 unspecified atom stereocenters. The van der Waals surface area contributed by atoms with Crippen molar-refractivity contribution in [1.29, 1.82) is 0 Å². The Balaban J connectivity index is 1.72. The smallest absolute Gasteiger partial charge is 0.264 e. The van der Waals surface area contributed by atoms with Crippen molar-refractivity contribution in [3.63, 3.8) is 0 Å². The number of hydrogen-bond acceptors (Lipinski definition) is 4. The third-order valence-corrected chi connectivity index (χ3v) is 10.3. The number of nitrogens with zero attached hydrogens (tertiary/aromatic N) is 2. The highest BCUT2D eigenvalue weighted by Gasteiger charge is 2.34. The molecule has 11 heteroatoms. The van der Waals surface area contributed by atoms with Crippen LogP contribution in [0, 0.1) is 0 Å². The number of hydrogen-bond donors (Lipinski definition) is 1. The number of anilines is 1. The van der Waals surface area contributed by atoms with Crippen molar-refractivity contribution in [2.45, 2.75) is 69.0 Å². The minimum Gasteiger partial charge on any atom is -0.352 e. The molecule has 1 N–H and O–H groups in total. The Morgan fingerprint density at radius 2 is 1.55 bits per heavy atom. The fourth-order valence-corrected chi connectivity index (χ4v) is 7.08. The first-order chi connectivity index (χ1) is 20.1. The quantitative estimate of drug-likeness (QED) is 0.240. The van der Waals surface area contributed by atoms with Crippen LogP contribution in [0.1, 0.15) is 51.0 Å². The van der Waals surface area contributed by atoms with Crippen molar-refractivity contribution in [1.82, 2.24) is 10.2 Å². The molecule has 0 spiro atoms. The highest BCUT2D eigenvalue weighted by Crippen LogP contribution is 2.31. The van der Waals surface area contributed by atoms with Crippen LogP contribution >= 0.6 is 34.8 Å².